The number of nitrogens with zero attached hydrogens (tertiary/aromatic N) is 1. The molecule has 6 heteroatoms. The molecule has 1 amide bonds. The number of nitrogens with one attached hydrogen (secondary N) is 1. The fraction of sp³-hybridized carbons (Fsp3) is 0.280. The third-order valence-electron chi connectivity index (χ3n) is 5.64. The number of rotatable bonds is 4. The van der Waals surface area contributed by atoms with Crippen LogP contribution in [0.15, 0.2) is 53.5 Å². The van der Waals surface area contributed by atoms with Crippen LogP contribution in [0, 0.1) is 0 Å². The molecule has 5 nitrogen and oxygen atoms in total. The van der Waals surface area contributed by atoms with Crippen LogP contribution in [-0.4, -0.2) is 18.9 Å². The first-order valence-electron chi connectivity index (χ1n) is 10.7. The highest BCUT2D eigenvalue weighted by Crippen LogP contribution is 2.39. The minimum Gasteiger partial charge on any atom is -0.454 e. The van der Waals surface area contributed by atoms with Gasteiger partial charge in [-0.05, 0) is 67.1 Å². The molecule has 0 unspecified atom stereocenters. The third-order valence-corrected chi connectivity index (χ3v) is 6.84. The molecule has 158 valence electrons. The van der Waals surface area contributed by atoms with Crippen LogP contribution < -0.4 is 14.8 Å². The predicted molar refractivity (Wildman–Crippen MR) is 124 cm³/mol. The van der Waals surface area contributed by atoms with Crippen molar-refractivity contribution in [2.45, 2.75) is 38.5 Å². The molecular formula is C25H24N2O3S. The Hall–Kier alpha value is -3.12. The van der Waals surface area contributed by atoms with Crippen molar-refractivity contribution in [2.24, 2.45) is 4.99 Å². The Morgan fingerprint density at radius 2 is 1.77 bits per heavy atom. The molecule has 0 bridgehead atoms. The molecule has 0 saturated carbocycles. The standard InChI is InChI=1S/C25H24N2O3S/c28-24(27-18-8-4-3-5-9-18)23-19-10-6-1-2-7-11-22(19)31-25(23)26-15-17-12-13-20-21(14-17)30-16-29-20/h3-5,8-9,12-15H,1-2,6-7,10-11,16H2,(H,27,28). The van der Waals surface area contributed by atoms with Gasteiger partial charge in [-0.3, -0.25) is 4.79 Å². The molecule has 5 rings (SSSR count). The average Bonchev–Trinajstić information content (AvgIpc) is 3.36. The Morgan fingerprint density at radius 1 is 0.968 bits per heavy atom. The number of amides is 1. The van der Waals surface area contributed by atoms with E-state index in [0.29, 0.717) is 0 Å². The van der Waals surface area contributed by atoms with Crippen LogP contribution in [0.25, 0.3) is 0 Å². The Bertz CT molecular complexity index is 1120. The topological polar surface area (TPSA) is 59.9 Å². The number of carbonyl (C=O) groups is 1. The molecule has 0 fully saturated rings. The second-order valence-corrected chi connectivity index (χ2v) is 8.87. The van der Waals surface area contributed by atoms with E-state index in [2.05, 4.69) is 5.32 Å². The van der Waals surface area contributed by atoms with E-state index in [-0.39, 0.29) is 12.7 Å². The van der Waals surface area contributed by atoms with Crippen molar-refractivity contribution in [3.63, 3.8) is 0 Å². The SMILES string of the molecule is O=C(Nc1ccccc1)c1c(N=Cc2ccc3c(c2)OCO3)sc2c1CCCCCC2. The summed E-state index contributed by atoms with van der Waals surface area (Å²) in [6, 6.07) is 15.4. The minimum atomic E-state index is -0.0814. The summed E-state index contributed by atoms with van der Waals surface area (Å²) in [5, 5.41) is 3.84. The van der Waals surface area contributed by atoms with Crippen molar-refractivity contribution in [1.29, 1.82) is 0 Å². The van der Waals surface area contributed by atoms with Crippen molar-refractivity contribution >= 4 is 34.1 Å². The van der Waals surface area contributed by atoms with Gasteiger partial charge in [0.25, 0.3) is 5.91 Å². The summed E-state index contributed by atoms with van der Waals surface area (Å²) >= 11 is 1.65. The molecular weight excluding hydrogens is 408 g/mol. The number of para-hydroxylation sites is 1. The lowest BCUT2D eigenvalue weighted by Crippen LogP contribution is -2.14. The first kappa shape index (κ1) is 19.8. The first-order chi connectivity index (χ1) is 15.3. The maximum atomic E-state index is 13.3. The second kappa shape index (κ2) is 8.94. The molecule has 31 heavy (non-hydrogen) atoms. The minimum absolute atomic E-state index is 0.0814. The number of aryl methyl sites for hydroxylation is 1. The van der Waals surface area contributed by atoms with Crippen LogP contribution >= 0.6 is 11.3 Å². The molecule has 1 aliphatic heterocycles. The molecule has 0 atom stereocenters. The van der Waals surface area contributed by atoms with E-state index < -0.39 is 0 Å². The number of thiophene rings is 1. The highest BCUT2D eigenvalue weighted by atomic mass is 32.1. The predicted octanol–water partition coefficient (Wildman–Crippen LogP) is 6.14. The van der Waals surface area contributed by atoms with Crippen LogP contribution in [-0.2, 0) is 12.8 Å². The quantitative estimate of drug-likeness (QED) is 0.504. The number of fused-ring (bicyclic) bond motifs is 2. The van der Waals surface area contributed by atoms with E-state index in [0.717, 1.165) is 52.6 Å². The van der Waals surface area contributed by atoms with Crippen molar-refractivity contribution in [3.8, 4) is 11.5 Å². The van der Waals surface area contributed by atoms with Crippen LogP contribution in [0.2, 0.25) is 0 Å². The molecule has 2 aliphatic rings. The highest BCUT2D eigenvalue weighted by molar-refractivity contribution is 7.16. The summed E-state index contributed by atoms with van der Waals surface area (Å²) in [6.07, 6.45) is 8.50. The van der Waals surface area contributed by atoms with Crippen LogP contribution in [0.5, 0.6) is 11.5 Å². The van der Waals surface area contributed by atoms with Crippen LogP contribution in [0.3, 0.4) is 0 Å². The molecule has 1 aromatic heterocycles. The summed E-state index contributed by atoms with van der Waals surface area (Å²) in [5.74, 6) is 1.39. The monoisotopic (exact) mass is 432 g/mol. The zero-order valence-electron chi connectivity index (χ0n) is 17.2. The second-order valence-electron chi connectivity index (χ2n) is 7.79. The largest absolute Gasteiger partial charge is 0.454 e. The van der Waals surface area contributed by atoms with Crippen molar-refractivity contribution in [1.82, 2.24) is 0 Å². The smallest absolute Gasteiger partial charge is 0.259 e. The van der Waals surface area contributed by atoms with Crippen molar-refractivity contribution in [3.05, 3.63) is 70.1 Å². The molecule has 3 aromatic rings. The lowest BCUT2D eigenvalue weighted by atomic mass is 9.96. The number of anilines is 1. The molecule has 0 radical (unpaired) electrons. The zero-order chi connectivity index (χ0) is 21.0. The van der Waals surface area contributed by atoms with Gasteiger partial charge in [0.2, 0.25) is 6.79 Å². The number of hydrogen-bond acceptors (Lipinski definition) is 5. The van der Waals surface area contributed by atoms with E-state index in [1.54, 1.807) is 17.6 Å². The highest BCUT2D eigenvalue weighted by Gasteiger charge is 2.24. The van der Waals surface area contributed by atoms with Gasteiger partial charge in [0.05, 0.1) is 5.56 Å². The van der Waals surface area contributed by atoms with Gasteiger partial charge in [-0.1, -0.05) is 31.0 Å². The molecule has 1 N–H and O–H groups in total. The van der Waals surface area contributed by atoms with Crippen molar-refractivity contribution < 1.29 is 14.3 Å². The fourth-order valence-corrected chi connectivity index (χ4v) is 5.30. The van der Waals surface area contributed by atoms with E-state index in [9.17, 15) is 4.79 Å². The lowest BCUT2D eigenvalue weighted by Gasteiger charge is -2.12. The summed E-state index contributed by atoms with van der Waals surface area (Å²) in [5.41, 5.74) is 3.61. The first-order valence-corrected chi connectivity index (χ1v) is 11.5. The van der Waals surface area contributed by atoms with Gasteiger partial charge in [0, 0.05) is 16.8 Å². The summed E-state index contributed by atoms with van der Waals surface area (Å²) in [4.78, 5) is 19.4. The van der Waals surface area contributed by atoms with E-state index in [1.807, 2.05) is 48.5 Å². The summed E-state index contributed by atoms with van der Waals surface area (Å²) < 4.78 is 10.9. The lowest BCUT2D eigenvalue weighted by molar-refractivity contribution is 0.102. The number of benzene rings is 2. The molecule has 0 spiro atoms. The maximum Gasteiger partial charge on any atom is 0.259 e. The van der Waals surface area contributed by atoms with Gasteiger partial charge in [-0.2, -0.15) is 0 Å². The third kappa shape index (κ3) is 4.35. The Balaban J connectivity index is 1.49. The Morgan fingerprint density at radius 3 is 2.65 bits per heavy atom. The van der Waals surface area contributed by atoms with Crippen LogP contribution in [0.4, 0.5) is 10.7 Å². The van der Waals surface area contributed by atoms with Crippen LogP contribution in [0.1, 0.15) is 52.0 Å². The normalized spacial score (nSPS) is 15.4. The van der Waals surface area contributed by atoms with E-state index >= 15 is 0 Å². The van der Waals surface area contributed by atoms with Gasteiger partial charge in [-0.15, -0.1) is 11.3 Å². The van der Waals surface area contributed by atoms with Gasteiger partial charge in [-0.25, -0.2) is 4.99 Å². The molecule has 2 aromatic carbocycles. The maximum absolute atomic E-state index is 13.3. The number of carbonyl (C=O) groups excluding carboxylic acids is 1. The van der Waals surface area contributed by atoms with Gasteiger partial charge in [0.1, 0.15) is 5.00 Å². The molecule has 1 aliphatic carbocycles. The Kier molecular flexibility index (Phi) is 5.71. The average molecular weight is 433 g/mol. The van der Waals surface area contributed by atoms with Gasteiger partial charge < -0.3 is 14.8 Å². The fourth-order valence-electron chi connectivity index (χ4n) is 4.07. The summed E-state index contributed by atoms with van der Waals surface area (Å²) in [6.45, 7) is 0.247. The molecule has 0 saturated heterocycles. The number of ether oxygens (including phenoxy) is 2. The van der Waals surface area contributed by atoms with Gasteiger partial charge in [0.15, 0.2) is 11.5 Å². The number of aliphatic imine (C=N–C) groups is 1. The molecule has 2 heterocycles. The van der Waals surface area contributed by atoms with E-state index in [1.165, 1.54) is 29.7 Å². The number of hydrogen-bond donors (Lipinski definition) is 1. The van der Waals surface area contributed by atoms with Crippen molar-refractivity contribution in [2.75, 3.05) is 12.1 Å². The van der Waals surface area contributed by atoms with Gasteiger partial charge >= 0.3 is 0 Å². The Labute approximate surface area is 185 Å². The summed E-state index contributed by atoms with van der Waals surface area (Å²) in [7, 11) is 0. The van der Waals surface area contributed by atoms with E-state index in [4.69, 9.17) is 14.5 Å². The zero-order valence-corrected chi connectivity index (χ0v) is 18.0.